The Bertz CT molecular complexity index is 2290. The van der Waals surface area contributed by atoms with Crippen molar-refractivity contribution >= 4 is 10.8 Å². The summed E-state index contributed by atoms with van der Waals surface area (Å²) in [6.07, 6.45) is 0. The molecule has 1 heterocycles. The van der Waals surface area contributed by atoms with E-state index in [1.165, 1.54) is 49.7 Å². The zero-order valence-electron chi connectivity index (χ0n) is 25.1. The molecule has 0 aliphatic heterocycles. The highest BCUT2D eigenvalue weighted by atomic mass is 14.9. The number of rotatable bonds is 5. The van der Waals surface area contributed by atoms with Gasteiger partial charge in [-0.05, 0) is 61.3 Å². The molecule has 7 aromatic carbocycles. The summed E-state index contributed by atoms with van der Waals surface area (Å²) in [6.45, 7) is 0. The zero-order valence-corrected chi connectivity index (χ0v) is 25.1. The van der Waals surface area contributed by atoms with Crippen LogP contribution in [0.1, 0.15) is 0 Å². The summed E-state index contributed by atoms with van der Waals surface area (Å²) in [6, 6.07) is 60.2. The van der Waals surface area contributed by atoms with Gasteiger partial charge in [0.05, 0.1) is 11.4 Å². The molecule has 0 saturated carbocycles. The molecular weight excluding hydrogens is 556 g/mol. The second-order valence-corrected chi connectivity index (χ2v) is 11.8. The number of benzene rings is 7. The molecule has 0 fully saturated rings. The quantitative estimate of drug-likeness (QED) is 0.201. The Balaban J connectivity index is 1.05. The molecule has 0 spiro atoms. The van der Waals surface area contributed by atoms with Gasteiger partial charge in [-0.2, -0.15) is 0 Å². The summed E-state index contributed by atoms with van der Waals surface area (Å²) in [7, 11) is 0. The van der Waals surface area contributed by atoms with Gasteiger partial charge in [-0.1, -0.05) is 164 Å². The van der Waals surface area contributed by atoms with Crippen molar-refractivity contribution in [3.05, 3.63) is 170 Å². The van der Waals surface area contributed by atoms with E-state index in [1.54, 1.807) is 0 Å². The van der Waals surface area contributed by atoms with Crippen molar-refractivity contribution in [1.82, 2.24) is 9.97 Å². The molecule has 0 atom stereocenters. The molecule has 9 rings (SSSR count). The van der Waals surface area contributed by atoms with Crippen LogP contribution in [-0.2, 0) is 0 Å². The van der Waals surface area contributed by atoms with Gasteiger partial charge >= 0.3 is 0 Å². The predicted octanol–water partition coefficient (Wildman–Crippen LogP) is 11.6. The number of aromatic nitrogens is 2. The van der Waals surface area contributed by atoms with Crippen molar-refractivity contribution in [3.8, 4) is 78.4 Å². The van der Waals surface area contributed by atoms with Crippen molar-refractivity contribution in [3.63, 3.8) is 0 Å². The summed E-state index contributed by atoms with van der Waals surface area (Å²) in [5, 5.41) is 2.66. The minimum absolute atomic E-state index is 0.719. The highest BCUT2D eigenvalue weighted by Crippen LogP contribution is 2.49. The van der Waals surface area contributed by atoms with E-state index < -0.39 is 0 Å². The summed E-state index contributed by atoms with van der Waals surface area (Å²) >= 11 is 0. The fraction of sp³-hybridized carbons (Fsp3) is 0. The second kappa shape index (κ2) is 10.8. The van der Waals surface area contributed by atoms with Crippen molar-refractivity contribution in [1.29, 1.82) is 0 Å². The van der Waals surface area contributed by atoms with E-state index in [4.69, 9.17) is 9.97 Å². The Morgan fingerprint density at radius 3 is 1.33 bits per heavy atom. The van der Waals surface area contributed by atoms with Crippen LogP contribution in [0.25, 0.3) is 89.2 Å². The van der Waals surface area contributed by atoms with Crippen molar-refractivity contribution in [2.75, 3.05) is 0 Å². The third-order valence-electron chi connectivity index (χ3n) is 9.09. The van der Waals surface area contributed by atoms with Gasteiger partial charge in [0.2, 0.25) is 0 Å². The molecule has 214 valence electrons. The first-order chi connectivity index (χ1) is 22.8. The van der Waals surface area contributed by atoms with Crippen molar-refractivity contribution in [2.24, 2.45) is 0 Å². The maximum atomic E-state index is 4.99. The SMILES string of the molecule is c1ccc(-c2cc(-c3ccccc3)nc(-c3ccc(-c4ccc(-c5ccc6c7c(cccc57)-c5ccccc5-6)cc4)cc3)n2)cc1. The van der Waals surface area contributed by atoms with Gasteiger partial charge in [-0.3, -0.25) is 0 Å². The third kappa shape index (κ3) is 4.43. The smallest absolute Gasteiger partial charge is 0.160 e. The molecule has 1 aliphatic rings. The van der Waals surface area contributed by atoms with Gasteiger partial charge in [0.25, 0.3) is 0 Å². The molecule has 0 saturated heterocycles. The van der Waals surface area contributed by atoms with Crippen LogP contribution >= 0.6 is 0 Å². The molecule has 0 unspecified atom stereocenters. The number of fused-ring (bicyclic) bond motifs is 3. The van der Waals surface area contributed by atoms with Gasteiger partial charge < -0.3 is 0 Å². The normalized spacial score (nSPS) is 11.5. The fourth-order valence-electron chi connectivity index (χ4n) is 6.80. The van der Waals surface area contributed by atoms with Crippen LogP contribution in [0.2, 0.25) is 0 Å². The van der Waals surface area contributed by atoms with Crippen LogP contribution in [-0.4, -0.2) is 9.97 Å². The largest absolute Gasteiger partial charge is 0.228 e. The van der Waals surface area contributed by atoms with Crippen LogP contribution in [0, 0.1) is 0 Å². The molecule has 0 N–H and O–H groups in total. The van der Waals surface area contributed by atoms with Gasteiger partial charge in [0, 0.05) is 16.7 Å². The summed E-state index contributed by atoms with van der Waals surface area (Å²) < 4.78 is 0. The van der Waals surface area contributed by atoms with E-state index in [0.29, 0.717) is 0 Å². The molecule has 0 bridgehead atoms. The van der Waals surface area contributed by atoms with Crippen LogP contribution in [0.15, 0.2) is 170 Å². The Morgan fingerprint density at radius 1 is 0.283 bits per heavy atom. The Kier molecular flexibility index (Phi) is 6.17. The average Bonchev–Trinajstić information content (AvgIpc) is 3.47. The topological polar surface area (TPSA) is 25.8 Å². The molecule has 2 heteroatoms. The lowest BCUT2D eigenvalue weighted by molar-refractivity contribution is 1.18. The van der Waals surface area contributed by atoms with Gasteiger partial charge in [-0.25, -0.2) is 9.97 Å². The lowest BCUT2D eigenvalue weighted by Gasteiger charge is -2.11. The number of nitrogens with zero attached hydrogens (tertiary/aromatic N) is 2. The first kappa shape index (κ1) is 26.3. The Labute approximate surface area is 268 Å². The summed E-state index contributed by atoms with van der Waals surface area (Å²) in [5.41, 5.74) is 15.1. The first-order valence-corrected chi connectivity index (χ1v) is 15.7. The van der Waals surface area contributed by atoms with Crippen LogP contribution < -0.4 is 0 Å². The van der Waals surface area contributed by atoms with Crippen molar-refractivity contribution < 1.29 is 0 Å². The standard InChI is InChI=1S/C44H28N2/c1-3-10-32(11-4-1)41-28-42(33-12-5-2-6-13-33)46-44(45-41)34-24-20-30(21-25-34)29-18-22-31(23-19-29)35-26-27-40-37-15-8-7-14-36(37)39-17-9-16-38(35)43(39)40/h1-28H. The number of hydrogen-bond donors (Lipinski definition) is 0. The van der Waals surface area contributed by atoms with E-state index >= 15 is 0 Å². The van der Waals surface area contributed by atoms with Crippen LogP contribution in [0.4, 0.5) is 0 Å². The monoisotopic (exact) mass is 584 g/mol. The third-order valence-corrected chi connectivity index (χ3v) is 9.09. The lowest BCUT2D eigenvalue weighted by atomic mass is 9.93. The number of hydrogen-bond acceptors (Lipinski definition) is 2. The molecule has 8 aromatic rings. The fourth-order valence-corrected chi connectivity index (χ4v) is 6.80. The minimum atomic E-state index is 0.719. The van der Waals surface area contributed by atoms with Gasteiger partial charge in [0.15, 0.2) is 5.82 Å². The lowest BCUT2D eigenvalue weighted by Crippen LogP contribution is -1.95. The molecule has 46 heavy (non-hydrogen) atoms. The van der Waals surface area contributed by atoms with E-state index in [2.05, 4.69) is 133 Å². The van der Waals surface area contributed by atoms with E-state index in [1.807, 2.05) is 36.4 Å². The minimum Gasteiger partial charge on any atom is -0.228 e. The predicted molar refractivity (Wildman–Crippen MR) is 191 cm³/mol. The maximum absolute atomic E-state index is 4.99. The average molecular weight is 585 g/mol. The molecular formula is C44H28N2. The first-order valence-electron chi connectivity index (χ1n) is 15.7. The van der Waals surface area contributed by atoms with Gasteiger partial charge in [-0.15, -0.1) is 0 Å². The summed E-state index contributed by atoms with van der Waals surface area (Å²) in [4.78, 5) is 9.98. The Morgan fingerprint density at radius 2 is 0.739 bits per heavy atom. The van der Waals surface area contributed by atoms with E-state index in [0.717, 1.165) is 39.5 Å². The second-order valence-electron chi connectivity index (χ2n) is 11.8. The summed E-state index contributed by atoms with van der Waals surface area (Å²) in [5.74, 6) is 0.719. The molecule has 2 nitrogen and oxygen atoms in total. The Hall–Kier alpha value is -6.12. The van der Waals surface area contributed by atoms with E-state index in [-0.39, 0.29) is 0 Å². The zero-order chi connectivity index (χ0) is 30.5. The van der Waals surface area contributed by atoms with Crippen molar-refractivity contribution in [2.45, 2.75) is 0 Å². The maximum Gasteiger partial charge on any atom is 0.160 e. The van der Waals surface area contributed by atoms with E-state index in [9.17, 15) is 0 Å². The molecule has 0 amide bonds. The molecule has 1 aliphatic carbocycles. The molecule has 0 radical (unpaired) electrons. The van der Waals surface area contributed by atoms with Gasteiger partial charge in [0.1, 0.15) is 0 Å². The van der Waals surface area contributed by atoms with Crippen LogP contribution in [0.5, 0.6) is 0 Å². The highest BCUT2D eigenvalue weighted by molar-refractivity contribution is 6.18. The molecule has 1 aromatic heterocycles. The van der Waals surface area contributed by atoms with Crippen LogP contribution in [0.3, 0.4) is 0 Å². The highest BCUT2D eigenvalue weighted by Gasteiger charge is 2.22.